The molecule has 7 heteroatoms. The summed E-state index contributed by atoms with van der Waals surface area (Å²) in [4.78, 5) is 26.2. The average Bonchev–Trinajstić information content (AvgIpc) is 2.47. The molecule has 6 nitrogen and oxygen atoms in total. The zero-order chi connectivity index (χ0) is 15.2. The smallest absolute Gasteiger partial charge is 0.341 e. The van der Waals surface area contributed by atoms with E-state index < -0.39 is 12.6 Å². The van der Waals surface area contributed by atoms with Gasteiger partial charge in [-0.1, -0.05) is 11.6 Å². The number of aromatic nitrogens is 1. The molecule has 2 aromatic rings. The maximum absolute atomic E-state index is 12.0. The highest BCUT2D eigenvalue weighted by atomic mass is 35.5. The SMILES string of the molecule is O=C(O)COc1ccc(NC(=O)c2cnccc2Cl)cc1. The molecule has 0 aliphatic heterocycles. The zero-order valence-corrected chi connectivity index (χ0v) is 11.5. The Morgan fingerprint density at radius 3 is 2.57 bits per heavy atom. The maximum Gasteiger partial charge on any atom is 0.341 e. The number of nitrogens with one attached hydrogen (secondary N) is 1. The number of hydrogen-bond acceptors (Lipinski definition) is 4. The van der Waals surface area contributed by atoms with Crippen LogP contribution in [0.2, 0.25) is 5.02 Å². The summed E-state index contributed by atoms with van der Waals surface area (Å²) in [7, 11) is 0. The Labute approximate surface area is 125 Å². The Kier molecular flexibility index (Phi) is 4.73. The Balaban J connectivity index is 2.02. The van der Waals surface area contributed by atoms with Crippen LogP contribution in [-0.4, -0.2) is 28.6 Å². The lowest BCUT2D eigenvalue weighted by molar-refractivity contribution is -0.139. The van der Waals surface area contributed by atoms with Crippen molar-refractivity contribution in [3.05, 3.63) is 53.3 Å². The average molecular weight is 307 g/mol. The van der Waals surface area contributed by atoms with Crippen molar-refractivity contribution in [3.63, 3.8) is 0 Å². The van der Waals surface area contributed by atoms with Crippen LogP contribution in [0.4, 0.5) is 5.69 Å². The highest BCUT2D eigenvalue weighted by Gasteiger charge is 2.10. The number of pyridine rings is 1. The molecular weight excluding hydrogens is 296 g/mol. The number of hydrogen-bond donors (Lipinski definition) is 2. The van der Waals surface area contributed by atoms with Crippen molar-refractivity contribution >= 4 is 29.2 Å². The second kappa shape index (κ2) is 6.71. The summed E-state index contributed by atoms with van der Waals surface area (Å²) in [6, 6.07) is 7.84. The predicted molar refractivity (Wildman–Crippen MR) is 76.8 cm³/mol. The number of nitrogens with zero attached hydrogens (tertiary/aromatic N) is 1. The van der Waals surface area contributed by atoms with E-state index in [-0.39, 0.29) is 11.5 Å². The van der Waals surface area contributed by atoms with Crippen LogP contribution in [-0.2, 0) is 4.79 Å². The van der Waals surface area contributed by atoms with Crippen LogP contribution in [0.15, 0.2) is 42.7 Å². The standard InChI is InChI=1S/C14H11ClN2O4/c15-12-5-6-16-7-11(12)14(20)17-9-1-3-10(4-2-9)21-8-13(18)19/h1-7H,8H2,(H,17,20)(H,18,19). The van der Waals surface area contributed by atoms with Gasteiger partial charge < -0.3 is 15.2 Å². The highest BCUT2D eigenvalue weighted by Crippen LogP contribution is 2.18. The van der Waals surface area contributed by atoms with Crippen LogP contribution in [0.3, 0.4) is 0 Å². The Morgan fingerprint density at radius 1 is 1.24 bits per heavy atom. The van der Waals surface area contributed by atoms with Gasteiger partial charge in [-0.3, -0.25) is 9.78 Å². The minimum Gasteiger partial charge on any atom is -0.482 e. The molecule has 1 heterocycles. The van der Waals surface area contributed by atoms with Crippen LogP contribution in [0, 0.1) is 0 Å². The molecule has 0 saturated heterocycles. The van der Waals surface area contributed by atoms with Gasteiger partial charge in [-0.05, 0) is 30.3 Å². The fourth-order valence-electron chi connectivity index (χ4n) is 1.52. The number of carbonyl (C=O) groups is 2. The third-order valence-corrected chi connectivity index (χ3v) is 2.82. The summed E-state index contributed by atoms with van der Waals surface area (Å²) in [5.41, 5.74) is 0.799. The number of aliphatic carboxylic acids is 1. The van der Waals surface area contributed by atoms with E-state index in [9.17, 15) is 9.59 Å². The summed E-state index contributed by atoms with van der Waals surface area (Å²) in [5.74, 6) is -1.04. The van der Waals surface area contributed by atoms with Crippen LogP contribution in [0.1, 0.15) is 10.4 Å². The second-order valence-corrected chi connectivity index (χ2v) is 4.42. The highest BCUT2D eigenvalue weighted by molar-refractivity contribution is 6.34. The Morgan fingerprint density at radius 2 is 1.95 bits per heavy atom. The summed E-state index contributed by atoms with van der Waals surface area (Å²) in [6.45, 7) is -0.420. The summed E-state index contributed by atoms with van der Waals surface area (Å²) in [5, 5.41) is 11.5. The van der Waals surface area contributed by atoms with Gasteiger partial charge in [-0.15, -0.1) is 0 Å². The topological polar surface area (TPSA) is 88.5 Å². The molecule has 0 atom stereocenters. The number of halogens is 1. The van der Waals surface area contributed by atoms with Gasteiger partial charge in [0, 0.05) is 18.1 Å². The lowest BCUT2D eigenvalue weighted by atomic mass is 10.2. The molecule has 0 fully saturated rings. The van der Waals surface area contributed by atoms with Crippen molar-refractivity contribution in [1.82, 2.24) is 4.98 Å². The number of anilines is 1. The van der Waals surface area contributed by atoms with E-state index >= 15 is 0 Å². The van der Waals surface area contributed by atoms with Gasteiger partial charge in [0.15, 0.2) is 6.61 Å². The molecule has 0 unspecified atom stereocenters. The first-order valence-electron chi connectivity index (χ1n) is 5.92. The normalized spacial score (nSPS) is 9.95. The zero-order valence-electron chi connectivity index (χ0n) is 10.7. The molecular formula is C14H11ClN2O4. The van der Waals surface area contributed by atoms with E-state index in [4.69, 9.17) is 21.4 Å². The van der Waals surface area contributed by atoms with Crippen LogP contribution >= 0.6 is 11.6 Å². The van der Waals surface area contributed by atoms with Crippen molar-refractivity contribution in [2.75, 3.05) is 11.9 Å². The number of ether oxygens (including phenoxy) is 1. The maximum atomic E-state index is 12.0. The van der Waals surface area contributed by atoms with E-state index in [0.29, 0.717) is 16.5 Å². The summed E-state index contributed by atoms with van der Waals surface area (Å²) in [6.07, 6.45) is 2.87. The molecule has 0 aliphatic rings. The minimum absolute atomic E-state index is 0.269. The van der Waals surface area contributed by atoms with E-state index in [1.807, 2.05) is 0 Å². The number of amides is 1. The third-order valence-electron chi connectivity index (χ3n) is 2.49. The largest absolute Gasteiger partial charge is 0.482 e. The van der Waals surface area contributed by atoms with Crippen molar-refractivity contribution < 1.29 is 19.4 Å². The Bertz CT molecular complexity index is 658. The molecule has 0 spiro atoms. The second-order valence-electron chi connectivity index (χ2n) is 4.02. The van der Waals surface area contributed by atoms with Crippen molar-refractivity contribution in [1.29, 1.82) is 0 Å². The van der Waals surface area contributed by atoms with Gasteiger partial charge in [-0.25, -0.2) is 4.79 Å². The molecule has 108 valence electrons. The fourth-order valence-corrected chi connectivity index (χ4v) is 1.71. The summed E-state index contributed by atoms with van der Waals surface area (Å²) >= 11 is 5.91. The monoisotopic (exact) mass is 306 g/mol. The molecule has 1 aromatic heterocycles. The number of carbonyl (C=O) groups excluding carboxylic acids is 1. The quantitative estimate of drug-likeness (QED) is 0.885. The lowest BCUT2D eigenvalue weighted by Gasteiger charge is -2.07. The molecule has 1 aromatic carbocycles. The summed E-state index contributed by atoms with van der Waals surface area (Å²) < 4.78 is 4.99. The molecule has 0 aliphatic carbocycles. The van der Waals surface area contributed by atoms with Gasteiger partial charge in [-0.2, -0.15) is 0 Å². The molecule has 2 N–H and O–H groups in total. The van der Waals surface area contributed by atoms with E-state index in [0.717, 1.165) is 0 Å². The molecule has 0 bridgehead atoms. The van der Waals surface area contributed by atoms with E-state index in [1.165, 1.54) is 18.5 Å². The van der Waals surface area contributed by atoms with Crippen molar-refractivity contribution in [2.24, 2.45) is 0 Å². The van der Waals surface area contributed by atoms with Crippen molar-refractivity contribution in [3.8, 4) is 5.75 Å². The number of carboxylic acid groups (broad SMARTS) is 1. The fraction of sp³-hybridized carbons (Fsp3) is 0.0714. The van der Waals surface area contributed by atoms with Gasteiger partial charge in [0.2, 0.25) is 0 Å². The first-order valence-corrected chi connectivity index (χ1v) is 6.29. The van der Waals surface area contributed by atoms with E-state index in [2.05, 4.69) is 10.3 Å². The number of rotatable bonds is 5. The third kappa shape index (κ3) is 4.19. The molecule has 1 amide bonds. The van der Waals surface area contributed by atoms with Gasteiger partial charge >= 0.3 is 5.97 Å². The minimum atomic E-state index is -1.06. The van der Waals surface area contributed by atoms with Crippen LogP contribution in [0.5, 0.6) is 5.75 Å². The Hall–Kier alpha value is -2.60. The van der Waals surface area contributed by atoms with Gasteiger partial charge in [0.05, 0.1) is 10.6 Å². The van der Waals surface area contributed by atoms with Gasteiger partial charge in [0.25, 0.3) is 5.91 Å². The number of carboxylic acids is 1. The first kappa shape index (κ1) is 14.8. The van der Waals surface area contributed by atoms with Crippen LogP contribution in [0.25, 0.3) is 0 Å². The predicted octanol–water partition coefficient (Wildman–Crippen LogP) is 2.45. The van der Waals surface area contributed by atoms with E-state index in [1.54, 1.807) is 24.3 Å². The molecule has 0 saturated carbocycles. The van der Waals surface area contributed by atoms with Gasteiger partial charge in [0.1, 0.15) is 5.75 Å². The first-order chi connectivity index (χ1) is 10.1. The molecule has 2 rings (SSSR count). The lowest BCUT2D eigenvalue weighted by Crippen LogP contribution is -2.13. The molecule has 0 radical (unpaired) electrons. The molecule has 21 heavy (non-hydrogen) atoms. The van der Waals surface area contributed by atoms with Crippen molar-refractivity contribution in [2.45, 2.75) is 0 Å². The number of benzene rings is 1. The van der Waals surface area contributed by atoms with Crippen LogP contribution < -0.4 is 10.1 Å².